The zero-order chi connectivity index (χ0) is 11.0. The highest BCUT2D eigenvalue weighted by Crippen LogP contribution is 2.08. The first kappa shape index (κ1) is 13.4. The van der Waals surface area contributed by atoms with Gasteiger partial charge in [-0.05, 0) is 13.3 Å². The van der Waals surface area contributed by atoms with Crippen LogP contribution in [0.25, 0.3) is 0 Å². The molecule has 3 nitrogen and oxygen atoms in total. The van der Waals surface area contributed by atoms with Gasteiger partial charge < -0.3 is 9.84 Å². The molecule has 0 aromatic heterocycles. The second-order valence-electron chi connectivity index (χ2n) is 3.81. The van der Waals surface area contributed by atoms with E-state index in [1.165, 1.54) is 0 Å². The topological polar surface area (TPSA) is 46.5 Å². The molecule has 0 bridgehead atoms. The molecule has 0 aliphatic carbocycles. The Bertz CT molecular complexity index is 157. The summed E-state index contributed by atoms with van der Waals surface area (Å²) in [6.45, 7) is 5.84. The number of ether oxygens (including phenoxy) is 1. The van der Waals surface area contributed by atoms with Crippen LogP contribution in [0.3, 0.4) is 0 Å². The average Bonchev–Trinajstić information content (AvgIpc) is 2.16. The Morgan fingerprint density at radius 3 is 2.50 bits per heavy atom. The molecule has 0 aromatic rings. The second kappa shape index (κ2) is 7.80. The van der Waals surface area contributed by atoms with Crippen LogP contribution in [-0.4, -0.2) is 23.8 Å². The van der Waals surface area contributed by atoms with Crippen molar-refractivity contribution in [1.82, 2.24) is 0 Å². The Morgan fingerprint density at radius 2 is 2.00 bits per heavy atom. The number of rotatable bonds is 7. The molecule has 3 heteroatoms. The predicted octanol–water partition coefficient (Wildman–Crippen LogP) is 2.13. The fourth-order valence-corrected chi connectivity index (χ4v) is 1.05. The van der Waals surface area contributed by atoms with Crippen molar-refractivity contribution < 1.29 is 14.6 Å². The smallest absolute Gasteiger partial charge is 0.306 e. The van der Waals surface area contributed by atoms with Gasteiger partial charge >= 0.3 is 5.97 Å². The van der Waals surface area contributed by atoms with E-state index in [1.54, 1.807) is 0 Å². The highest BCUT2D eigenvalue weighted by atomic mass is 16.5. The Balaban J connectivity index is 3.60. The van der Waals surface area contributed by atoms with Gasteiger partial charge in [-0.1, -0.05) is 26.7 Å². The van der Waals surface area contributed by atoms with Crippen molar-refractivity contribution in [1.29, 1.82) is 0 Å². The quantitative estimate of drug-likeness (QED) is 0.508. The third kappa shape index (κ3) is 5.97. The first-order chi connectivity index (χ1) is 6.61. The summed E-state index contributed by atoms with van der Waals surface area (Å²) in [4.78, 5) is 11.2. The molecule has 2 unspecified atom stereocenters. The molecule has 0 fully saturated rings. The summed E-state index contributed by atoms with van der Waals surface area (Å²) in [5.74, 6) is -0.128. The normalized spacial score (nSPS) is 14.9. The van der Waals surface area contributed by atoms with Gasteiger partial charge in [0.15, 0.2) is 0 Å². The maximum Gasteiger partial charge on any atom is 0.306 e. The third-order valence-corrected chi connectivity index (χ3v) is 2.39. The van der Waals surface area contributed by atoms with Crippen molar-refractivity contribution in [2.45, 2.75) is 52.6 Å². The molecule has 84 valence electrons. The van der Waals surface area contributed by atoms with E-state index in [9.17, 15) is 4.79 Å². The van der Waals surface area contributed by atoms with Crippen molar-refractivity contribution in [2.24, 2.45) is 5.92 Å². The minimum Gasteiger partial charge on any atom is -0.462 e. The van der Waals surface area contributed by atoms with Gasteiger partial charge in [0.1, 0.15) is 6.10 Å². The third-order valence-electron chi connectivity index (χ3n) is 2.39. The summed E-state index contributed by atoms with van der Waals surface area (Å²) in [5, 5.41) is 8.84. The van der Waals surface area contributed by atoms with E-state index in [2.05, 4.69) is 6.92 Å². The van der Waals surface area contributed by atoms with Crippen LogP contribution in [0.2, 0.25) is 0 Å². The summed E-state index contributed by atoms with van der Waals surface area (Å²) in [6, 6.07) is 0. The molecule has 0 rings (SSSR count). The molecule has 14 heavy (non-hydrogen) atoms. The van der Waals surface area contributed by atoms with Crippen molar-refractivity contribution >= 4 is 5.97 Å². The molecule has 1 N–H and O–H groups in total. The number of carbonyl (C=O) groups is 1. The molecule has 0 aromatic carbocycles. The fourth-order valence-electron chi connectivity index (χ4n) is 1.05. The lowest BCUT2D eigenvalue weighted by Gasteiger charge is -2.18. The molecule has 0 radical (unpaired) electrons. The van der Waals surface area contributed by atoms with Gasteiger partial charge in [0, 0.05) is 18.9 Å². The number of carbonyl (C=O) groups excluding carboxylic acids is 1. The summed E-state index contributed by atoms with van der Waals surface area (Å²) in [5.41, 5.74) is 0. The Morgan fingerprint density at radius 1 is 1.36 bits per heavy atom. The monoisotopic (exact) mass is 202 g/mol. The number of esters is 1. The summed E-state index contributed by atoms with van der Waals surface area (Å²) in [7, 11) is 0. The van der Waals surface area contributed by atoms with E-state index in [0.717, 1.165) is 19.3 Å². The molecule has 0 saturated heterocycles. The second-order valence-corrected chi connectivity index (χ2v) is 3.81. The zero-order valence-corrected chi connectivity index (χ0v) is 9.45. The first-order valence-electron chi connectivity index (χ1n) is 5.42. The molecular formula is C11H22O3. The van der Waals surface area contributed by atoms with Crippen molar-refractivity contribution in [2.75, 3.05) is 6.61 Å². The molecule has 0 spiro atoms. The number of hydrogen-bond acceptors (Lipinski definition) is 3. The molecule has 0 aliphatic heterocycles. The van der Waals surface area contributed by atoms with Gasteiger partial charge in [-0.3, -0.25) is 4.79 Å². The lowest BCUT2D eigenvalue weighted by atomic mass is 10.1. The van der Waals surface area contributed by atoms with Gasteiger partial charge in [-0.15, -0.1) is 0 Å². The van der Waals surface area contributed by atoms with Crippen LogP contribution in [0.15, 0.2) is 0 Å². The summed E-state index contributed by atoms with van der Waals surface area (Å²) >= 11 is 0. The SMILES string of the molecule is CCCCCC(=O)OC(C)C(C)CO. The van der Waals surface area contributed by atoms with Crippen LogP contribution in [0.1, 0.15) is 46.5 Å². The molecule has 2 atom stereocenters. The van der Waals surface area contributed by atoms with Gasteiger partial charge in [-0.25, -0.2) is 0 Å². The predicted molar refractivity (Wildman–Crippen MR) is 55.9 cm³/mol. The Labute approximate surface area is 86.5 Å². The van der Waals surface area contributed by atoms with E-state index in [0.29, 0.717) is 6.42 Å². The summed E-state index contributed by atoms with van der Waals surface area (Å²) < 4.78 is 5.15. The van der Waals surface area contributed by atoms with Crippen LogP contribution in [0, 0.1) is 5.92 Å². The van der Waals surface area contributed by atoms with E-state index in [-0.39, 0.29) is 24.6 Å². The lowest BCUT2D eigenvalue weighted by molar-refractivity contribution is -0.151. The molecule has 0 aliphatic rings. The standard InChI is InChI=1S/C11H22O3/c1-4-5-6-7-11(13)14-10(3)9(2)8-12/h9-10,12H,4-8H2,1-3H3. The van der Waals surface area contributed by atoms with Gasteiger partial charge in [-0.2, -0.15) is 0 Å². The van der Waals surface area contributed by atoms with Crippen molar-refractivity contribution in [3.8, 4) is 0 Å². The van der Waals surface area contributed by atoms with Gasteiger partial charge in [0.2, 0.25) is 0 Å². The molecular weight excluding hydrogens is 180 g/mol. The van der Waals surface area contributed by atoms with Crippen molar-refractivity contribution in [3.05, 3.63) is 0 Å². The highest BCUT2D eigenvalue weighted by Gasteiger charge is 2.15. The lowest BCUT2D eigenvalue weighted by Crippen LogP contribution is -2.24. The van der Waals surface area contributed by atoms with E-state index in [4.69, 9.17) is 9.84 Å². The summed E-state index contributed by atoms with van der Waals surface area (Å²) in [6.07, 6.45) is 3.38. The molecule has 0 amide bonds. The number of aliphatic hydroxyl groups excluding tert-OH is 1. The largest absolute Gasteiger partial charge is 0.462 e. The Kier molecular flexibility index (Phi) is 7.48. The first-order valence-corrected chi connectivity index (χ1v) is 5.42. The maximum absolute atomic E-state index is 11.2. The molecule has 0 heterocycles. The zero-order valence-electron chi connectivity index (χ0n) is 9.45. The van der Waals surface area contributed by atoms with Gasteiger partial charge in [0.05, 0.1) is 0 Å². The number of unbranched alkanes of at least 4 members (excludes halogenated alkanes) is 2. The van der Waals surface area contributed by atoms with Gasteiger partial charge in [0.25, 0.3) is 0 Å². The minimum atomic E-state index is -0.186. The van der Waals surface area contributed by atoms with Crippen LogP contribution in [0.5, 0.6) is 0 Å². The Hall–Kier alpha value is -0.570. The maximum atomic E-state index is 11.2. The molecule has 0 saturated carbocycles. The highest BCUT2D eigenvalue weighted by molar-refractivity contribution is 5.69. The van der Waals surface area contributed by atoms with Crippen molar-refractivity contribution in [3.63, 3.8) is 0 Å². The van der Waals surface area contributed by atoms with Crippen LogP contribution in [-0.2, 0) is 9.53 Å². The van der Waals surface area contributed by atoms with E-state index >= 15 is 0 Å². The van der Waals surface area contributed by atoms with E-state index < -0.39 is 0 Å². The minimum absolute atomic E-state index is 0.0186. The van der Waals surface area contributed by atoms with Crippen LogP contribution < -0.4 is 0 Å². The average molecular weight is 202 g/mol. The van der Waals surface area contributed by atoms with E-state index in [1.807, 2.05) is 13.8 Å². The number of hydrogen-bond donors (Lipinski definition) is 1. The number of aliphatic hydroxyl groups is 1. The van der Waals surface area contributed by atoms with Crippen LogP contribution in [0.4, 0.5) is 0 Å². The van der Waals surface area contributed by atoms with Crippen LogP contribution >= 0.6 is 0 Å². The fraction of sp³-hybridized carbons (Fsp3) is 0.909.